The van der Waals surface area contributed by atoms with Gasteiger partial charge in [-0.3, -0.25) is 0 Å². The standard InChI is InChI=1S/C5H9ClO3/c1-2-3(7)4(6)5(8)9/h3-4,7H,2H2,1H3,(H,8,9)/p-1/t3-,4+/m0/s1. The molecule has 0 rings (SSSR count). The zero-order valence-electron chi connectivity index (χ0n) is 5.00. The highest BCUT2D eigenvalue weighted by Crippen LogP contribution is 2.04. The molecule has 54 valence electrons. The van der Waals surface area contributed by atoms with Gasteiger partial charge in [-0.15, -0.1) is 11.6 Å². The summed E-state index contributed by atoms with van der Waals surface area (Å²) in [5.41, 5.74) is 0. The number of hydrogen-bond acceptors (Lipinski definition) is 3. The van der Waals surface area contributed by atoms with Crippen LogP contribution in [-0.4, -0.2) is 22.6 Å². The lowest BCUT2D eigenvalue weighted by Crippen LogP contribution is -2.39. The summed E-state index contributed by atoms with van der Waals surface area (Å²) in [5, 5.41) is 17.4. The Hall–Kier alpha value is -0.280. The second kappa shape index (κ2) is 3.69. The van der Waals surface area contributed by atoms with Crippen molar-refractivity contribution in [3.63, 3.8) is 0 Å². The van der Waals surface area contributed by atoms with Crippen molar-refractivity contribution in [1.82, 2.24) is 0 Å². The van der Waals surface area contributed by atoms with Crippen LogP contribution in [0.2, 0.25) is 0 Å². The summed E-state index contributed by atoms with van der Waals surface area (Å²) >= 11 is 5.15. The molecule has 0 aliphatic heterocycles. The van der Waals surface area contributed by atoms with Gasteiger partial charge < -0.3 is 15.0 Å². The van der Waals surface area contributed by atoms with E-state index in [0.717, 1.165) is 0 Å². The van der Waals surface area contributed by atoms with Gasteiger partial charge in [0, 0.05) is 0 Å². The number of aliphatic hydroxyl groups excluding tert-OH is 1. The van der Waals surface area contributed by atoms with Crippen molar-refractivity contribution in [1.29, 1.82) is 0 Å². The third kappa shape index (κ3) is 2.67. The third-order valence-electron chi connectivity index (χ3n) is 0.981. The number of aliphatic carboxylic acids is 1. The fraction of sp³-hybridized carbons (Fsp3) is 0.800. The Labute approximate surface area is 58.3 Å². The van der Waals surface area contributed by atoms with Crippen LogP contribution in [0.25, 0.3) is 0 Å². The molecule has 0 aliphatic rings. The van der Waals surface area contributed by atoms with Crippen molar-refractivity contribution in [3.05, 3.63) is 0 Å². The summed E-state index contributed by atoms with van der Waals surface area (Å²) in [4.78, 5) is 9.90. The van der Waals surface area contributed by atoms with Gasteiger partial charge in [0.25, 0.3) is 0 Å². The predicted octanol–water partition coefficient (Wildman–Crippen LogP) is -0.885. The molecule has 3 nitrogen and oxygen atoms in total. The molecule has 0 amide bonds. The minimum absolute atomic E-state index is 0.322. The van der Waals surface area contributed by atoms with Gasteiger partial charge in [-0.25, -0.2) is 0 Å². The van der Waals surface area contributed by atoms with Crippen molar-refractivity contribution >= 4 is 17.6 Å². The molecule has 4 heteroatoms. The molecule has 0 fully saturated rings. The molecule has 1 N–H and O–H groups in total. The van der Waals surface area contributed by atoms with E-state index in [-0.39, 0.29) is 0 Å². The number of carbonyl (C=O) groups excluding carboxylic acids is 1. The Morgan fingerprint density at radius 2 is 2.33 bits per heavy atom. The summed E-state index contributed by atoms with van der Waals surface area (Å²) in [7, 11) is 0. The minimum atomic E-state index is -1.42. The zero-order valence-corrected chi connectivity index (χ0v) is 5.76. The first-order chi connectivity index (χ1) is 4.09. The van der Waals surface area contributed by atoms with Crippen LogP contribution in [0.15, 0.2) is 0 Å². The maximum atomic E-state index is 9.90. The Morgan fingerprint density at radius 3 is 2.44 bits per heavy atom. The van der Waals surface area contributed by atoms with Crippen molar-refractivity contribution in [3.8, 4) is 0 Å². The van der Waals surface area contributed by atoms with Gasteiger partial charge in [0.1, 0.15) is 0 Å². The van der Waals surface area contributed by atoms with Gasteiger partial charge in [-0.2, -0.15) is 0 Å². The lowest BCUT2D eigenvalue weighted by Gasteiger charge is -2.14. The molecule has 0 heterocycles. The number of carboxylic acid groups (broad SMARTS) is 1. The number of hydrogen-bond donors (Lipinski definition) is 1. The lowest BCUT2D eigenvalue weighted by molar-refractivity contribution is -0.306. The number of aliphatic hydroxyl groups is 1. The first-order valence-electron chi connectivity index (χ1n) is 2.62. The van der Waals surface area contributed by atoms with Crippen LogP contribution in [0.1, 0.15) is 13.3 Å². The van der Waals surface area contributed by atoms with Crippen molar-refractivity contribution < 1.29 is 15.0 Å². The Balaban J connectivity index is 3.72. The van der Waals surface area contributed by atoms with Crippen molar-refractivity contribution in [2.24, 2.45) is 0 Å². The Kier molecular flexibility index (Phi) is 3.58. The van der Waals surface area contributed by atoms with Gasteiger partial charge in [0.2, 0.25) is 0 Å². The van der Waals surface area contributed by atoms with E-state index in [0.29, 0.717) is 6.42 Å². The van der Waals surface area contributed by atoms with Crippen LogP contribution in [-0.2, 0) is 4.79 Å². The number of alkyl halides is 1. The lowest BCUT2D eigenvalue weighted by atomic mass is 10.2. The number of rotatable bonds is 3. The van der Waals surface area contributed by atoms with Crippen molar-refractivity contribution in [2.45, 2.75) is 24.8 Å². The minimum Gasteiger partial charge on any atom is -0.548 e. The highest BCUT2D eigenvalue weighted by atomic mass is 35.5. The number of carboxylic acids is 1. The summed E-state index contributed by atoms with van der Waals surface area (Å²) in [5.74, 6) is -1.42. The molecule has 0 aromatic heterocycles. The third-order valence-corrected chi connectivity index (χ3v) is 1.45. The fourth-order valence-corrected chi connectivity index (χ4v) is 0.542. The summed E-state index contributed by atoms with van der Waals surface area (Å²) in [6.07, 6.45) is -0.682. The monoisotopic (exact) mass is 151 g/mol. The van der Waals surface area contributed by atoms with E-state index in [1.165, 1.54) is 0 Å². The maximum Gasteiger partial charge on any atom is 0.0988 e. The van der Waals surface area contributed by atoms with Crippen LogP contribution < -0.4 is 5.11 Å². The molecule has 0 spiro atoms. The molecule has 0 radical (unpaired) electrons. The van der Waals surface area contributed by atoms with Crippen LogP contribution in [0, 0.1) is 0 Å². The molecule has 0 unspecified atom stereocenters. The largest absolute Gasteiger partial charge is 0.548 e. The Morgan fingerprint density at radius 1 is 1.89 bits per heavy atom. The van der Waals surface area contributed by atoms with Gasteiger partial charge in [-0.05, 0) is 6.42 Å². The van der Waals surface area contributed by atoms with Gasteiger partial charge in [0.15, 0.2) is 0 Å². The van der Waals surface area contributed by atoms with E-state index in [1.54, 1.807) is 6.92 Å². The maximum absolute atomic E-state index is 9.90. The molecule has 0 saturated heterocycles. The normalized spacial score (nSPS) is 16.8. The Bertz CT molecular complexity index is 104. The molecule has 2 atom stereocenters. The van der Waals surface area contributed by atoms with Gasteiger partial charge >= 0.3 is 0 Å². The molecular weight excluding hydrogens is 144 g/mol. The summed E-state index contributed by atoms with van der Waals surface area (Å²) in [6, 6.07) is 0. The van der Waals surface area contributed by atoms with Crippen LogP contribution in [0.4, 0.5) is 0 Å². The van der Waals surface area contributed by atoms with E-state index in [9.17, 15) is 9.90 Å². The second-order valence-electron chi connectivity index (χ2n) is 1.70. The van der Waals surface area contributed by atoms with Gasteiger partial charge in [-0.1, -0.05) is 6.92 Å². The van der Waals surface area contributed by atoms with E-state index < -0.39 is 17.5 Å². The molecule has 0 aromatic rings. The zero-order chi connectivity index (χ0) is 7.44. The van der Waals surface area contributed by atoms with Crippen LogP contribution >= 0.6 is 11.6 Å². The second-order valence-corrected chi connectivity index (χ2v) is 2.17. The van der Waals surface area contributed by atoms with E-state index >= 15 is 0 Å². The number of carbonyl (C=O) groups is 1. The molecule has 0 aliphatic carbocycles. The van der Waals surface area contributed by atoms with E-state index in [2.05, 4.69) is 0 Å². The topological polar surface area (TPSA) is 60.4 Å². The quantitative estimate of drug-likeness (QED) is 0.533. The number of halogens is 1. The first-order valence-corrected chi connectivity index (χ1v) is 3.06. The average molecular weight is 152 g/mol. The smallest absolute Gasteiger partial charge is 0.0988 e. The van der Waals surface area contributed by atoms with Gasteiger partial charge in [0.05, 0.1) is 17.5 Å². The summed E-state index contributed by atoms with van der Waals surface area (Å²) in [6.45, 7) is 1.64. The van der Waals surface area contributed by atoms with E-state index in [4.69, 9.17) is 16.7 Å². The molecule has 0 bridgehead atoms. The summed E-state index contributed by atoms with van der Waals surface area (Å²) < 4.78 is 0. The highest BCUT2D eigenvalue weighted by molar-refractivity contribution is 6.29. The molecule has 0 saturated carbocycles. The SMILES string of the molecule is CC[C@H](O)[C@@H](Cl)C(=O)[O-]. The molecule has 0 aromatic carbocycles. The fourth-order valence-electron chi connectivity index (χ4n) is 0.364. The average Bonchev–Trinajstić information content (AvgIpc) is 1.84. The van der Waals surface area contributed by atoms with Crippen LogP contribution in [0.3, 0.4) is 0 Å². The predicted molar refractivity (Wildman–Crippen MR) is 30.9 cm³/mol. The first kappa shape index (κ1) is 8.72. The van der Waals surface area contributed by atoms with E-state index in [1.807, 2.05) is 0 Å². The van der Waals surface area contributed by atoms with Crippen LogP contribution in [0.5, 0.6) is 0 Å². The molecular formula is C5H8ClO3-. The molecule has 9 heavy (non-hydrogen) atoms. The highest BCUT2D eigenvalue weighted by Gasteiger charge is 2.14. The van der Waals surface area contributed by atoms with Crippen molar-refractivity contribution in [2.75, 3.05) is 0 Å².